The van der Waals surface area contributed by atoms with E-state index >= 15 is 0 Å². The van der Waals surface area contributed by atoms with E-state index in [-0.39, 0.29) is 45.3 Å². The Bertz CT molecular complexity index is 561. The van der Waals surface area contributed by atoms with Crippen molar-refractivity contribution < 1.29 is 53.9 Å². The molecule has 0 unspecified atom stereocenters. The number of hydrogen-bond donors (Lipinski definition) is 5. The SMILES string of the molecule is O=C(CCCC(=O)ON1C(=O)CCC1=O)NC(COC(CO)CO)COC(CO)CO. The van der Waals surface area contributed by atoms with Crippen LogP contribution in [0.1, 0.15) is 32.1 Å². The number of ether oxygens (including phenoxy) is 2. The quantitative estimate of drug-likeness (QED) is 0.150. The number of carbonyl (C=O) groups is 4. The van der Waals surface area contributed by atoms with Crippen LogP contribution in [0.5, 0.6) is 0 Å². The molecule has 0 atom stereocenters. The number of aliphatic hydroxyl groups is 4. The molecule has 0 aromatic heterocycles. The van der Waals surface area contributed by atoms with Crippen LogP contribution in [0, 0.1) is 0 Å². The lowest BCUT2D eigenvalue weighted by Gasteiger charge is -2.23. The molecule has 178 valence electrons. The molecule has 0 radical (unpaired) electrons. The molecule has 1 aliphatic rings. The Morgan fingerprint density at radius 2 is 1.35 bits per heavy atom. The predicted molar refractivity (Wildman–Crippen MR) is 101 cm³/mol. The van der Waals surface area contributed by atoms with E-state index in [1.807, 2.05) is 0 Å². The van der Waals surface area contributed by atoms with Gasteiger partial charge in [0, 0.05) is 25.7 Å². The molecule has 1 fully saturated rings. The van der Waals surface area contributed by atoms with E-state index in [0.717, 1.165) is 0 Å². The molecule has 31 heavy (non-hydrogen) atoms. The molecule has 3 amide bonds. The average molecular weight is 450 g/mol. The van der Waals surface area contributed by atoms with Crippen LogP contribution < -0.4 is 5.32 Å². The maximum atomic E-state index is 12.2. The van der Waals surface area contributed by atoms with Gasteiger partial charge < -0.3 is 40.1 Å². The van der Waals surface area contributed by atoms with Crippen molar-refractivity contribution in [3.63, 3.8) is 0 Å². The number of imide groups is 1. The number of amides is 3. The van der Waals surface area contributed by atoms with Gasteiger partial charge in [-0.1, -0.05) is 0 Å². The van der Waals surface area contributed by atoms with E-state index < -0.39 is 68.4 Å². The summed E-state index contributed by atoms with van der Waals surface area (Å²) in [5, 5.41) is 39.3. The second-order valence-electron chi connectivity index (χ2n) is 6.80. The Morgan fingerprint density at radius 1 is 0.871 bits per heavy atom. The summed E-state index contributed by atoms with van der Waals surface area (Å²) >= 11 is 0. The fourth-order valence-electron chi connectivity index (χ4n) is 2.46. The van der Waals surface area contributed by atoms with Gasteiger partial charge in [0.05, 0.1) is 45.7 Å². The fourth-order valence-corrected chi connectivity index (χ4v) is 2.46. The van der Waals surface area contributed by atoms with Crippen LogP contribution in [-0.4, -0.2) is 107 Å². The Balaban J connectivity index is 2.43. The summed E-state index contributed by atoms with van der Waals surface area (Å²) in [5.41, 5.74) is 0. The number of hydrogen-bond acceptors (Lipinski definition) is 11. The second kappa shape index (κ2) is 14.8. The van der Waals surface area contributed by atoms with E-state index in [2.05, 4.69) is 5.32 Å². The second-order valence-corrected chi connectivity index (χ2v) is 6.80. The van der Waals surface area contributed by atoms with Crippen LogP contribution in [0.4, 0.5) is 0 Å². The van der Waals surface area contributed by atoms with Crippen molar-refractivity contribution in [2.75, 3.05) is 39.6 Å². The Hall–Kier alpha value is -2.16. The van der Waals surface area contributed by atoms with Crippen molar-refractivity contribution in [1.29, 1.82) is 0 Å². The maximum Gasteiger partial charge on any atom is 0.333 e. The zero-order chi connectivity index (χ0) is 23.2. The normalized spacial score (nSPS) is 14.2. The van der Waals surface area contributed by atoms with Crippen molar-refractivity contribution in [1.82, 2.24) is 10.4 Å². The molecule has 0 spiro atoms. The maximum absolute atomic E-state index is 12.2. The van der Waals surface area contributed by atoms with Gasteiger partial charge in [-0.25, -0.2) is 4.79 Å². The van der Waals surface area contributed by atoms with Crippen LogP contribution in [0.15, 0.2) is 0 Å². The van der Waals surface area contributed by atoms with E-state index in [1.54, 1.807) is 0 Å². The molecule has 5 N–H and O–H groups in total. The van der Waals surface area contributed by atoms with Gasteiger partial charge in [0.2, 0.25) is 5.91 Å². The van der Waals surface area contributed by atoms with Crippen molar-refractivity contribution in [2.24, 2.45) is 0 Å². The molecule has 13 heteroatoms. The lowest BCUT2D eigenvalue weighted by atomic mass is 10.2. The smallest absolute Gasteiger partial charge is 0.333 e. The first kappa shape index (κ1) is 26.9. The lowest BCUT2D eigenvalue weighted by Crippen LogP contribution is -2.44. The van der Waals surface area contributed by atoms with Gasteiger partial charge in [0.25, 0.3) is 11.8 Å². The summed E-state index contributed by atoms with van der Waals surface area (Å²) in [6.07, 6.45) is -1.92. The van der Waals surface area contributed by atoms with Crippen LogP contribution in [0.25, 0.3) is 0 Å². The molecular weight excluding hydrogens is 420 g/mol. The largest absolute Gasteiger partial charge is 0.394 e. The Morgan fingerprint density at radius 3 is 1.81 bits per heavy atom. The monoisotopic (exact) mass is 450 g/mol. The predicted octanol–water partition coefficient (Wildman–Crippen LogP) is -3.01. The molecule has 0 aromatic rings. The first-order valence-electron chi connectivity index (χ1n) is 9.87. The summed E-state index contributed by atoms with van der Waals surface area (Å²) in [6, 6.07) is -0.722. The number of rotatable bonds is 16. The summed E-state index contributed by atoms with van der Waals surface area (Å²) in [6.45, 7) is -1.98. The van der Waals surface area contributed by atoms with Crippen LogP contribution in [0.2, 0.25) is 0 Å². The molecule has 0 aliphatic carbocycles. The first-order valence-corrected chi connectivity index (χ1v) is 9.87. The summed E-state index contributed by atoms with van der Waals surface area (Å²) in [4.78, 5) is 51.4. The Kier molecular flexibility index (Phi) is 12.8. The van der Waals surface area contributed by atoms with E-state index in [0.29, 0.717) is 5.06 Å². The van der Waals surface area contributed by atoms with E-state index in [1.165, 1.54) is 0 Å². The summed E-state index contributed by atoms with van der Waals surface area (Å²) in [5.74, 6) is -2.46. The minimum absolute atomic E-state index is 0.0130. The van der Waals surface area contributed by atoms with Gasteiger partial charge in [0.1, 0.15) is 12.2 Å². The number of carbonyl (C=O) groups excluding carboxylic acids is 4. The van der Waals surface area contributed by atoms with Crippen molar-refractivity contribution in [3.05, 3.63) is 0 Å². The standard InChI is InChI=1S/C18H30N2O11/c21-6-13(7-22)29-10-12(11-30-14(8-23)9-24)19-15(25)2-1-3-18(28)31-20-16(26)4-5-17(20)27/h12-14,21-24H,1-11H2,(H,19,25). The van der Waals surface area contributed by atoms with Gasteiger partial charge >= 0.3 is 5.97 Å². The minimum atomic E-state index is -0.850. The van der Waals surface area contributed by atoms with Crippen LogP contribution in [-0.2, 0) is 33.5 Å². The van der Waals surface area contributed by atoms with Gasteiger partial charge in [-0.05, 0) is 6.42 Å². The molecule has 0 bridgehead atoms. The molecule has 1 aliphatic heterocycles. The number of hydroxylamine groups is 2. The van der Waals surface area contributed by atoms with Crippen LogP contribution >= 0.6 is 0 Å². The molecule has 1 saturated heterocycles. The minimum Gasteiger partial charge on any atom is -0.394 e. The third-order valence-corrected chi connectivity index (χ3v) is 4.23. The van der Waals surface area contributed by atoms with Gasteiger partial charge in [-0.2, -0.15) is 0 Å². The number of nitrogens with one attached hydrogen (secondary N) is 1. The third kappa shape index (κ3) is 10.1. The van der Waals surface area contributed by atoms with Crippen molar-refractivity contribution >= 4 is 23.7 Å². The van der Waals surface area contributed by atoms with Crippen molar-refractivity contribution in [2.45, 2.75) is 50.4 Å². The lowest BCUT2D eigenvalue weighted by molar-refractivity contribution is -0.197. The highest BCUT2D eigenvalue weighted by Crippen LogP contribution is 2.13. The zero-order valence-corrected chi connectivity index (χ0v) is 17.1. The molecule has 1 rings (SSSR count). The molecule has 1 heterocycles. The van der Waals surface area contributed by atoms with E-state index in [4.69, 9.17) is 34.7 Å². The number of aliphatic hydroxyl groups excluding tert-OH is 4. The van der Waals surface area contributed by atoms with Gasteiger partial charge in [-0.15, -0.1) is 5.06 Å². The highest BCUT2D eigenvalue weighted by atomic mass is 16.7. The molecule has 13 nitrogen and oxygen atoms in total. The van der Waals surface area contributed by atoms with Gasteiger partial charge in [0.15, 0.2) is 0 Å². The fraction of sp³-hybridized carbons (Fsp3) is 0.778. The third-order valence-electron chi connectivity index (χ3n) is 4.23. The van der Waals surface area contributed by atoms with Crippen LogP contribution in [0.3, 0.4) is 0 Å². The van der Waals surface area contributed by atoms with E-state index in [9.17, 15) is 19.2 Å². The molecule has 0 aromatic carbocycles. The average Bonchev–Trinajstić information content (AvgIpc) is 3.06. The summed E-state index contributed by atoms with van der Waals surface area (Å²) < 4.78 is 10.6. The topological polar surface area (TPSA) is 192 Å². The molecular formula is C18H30N2O11. The first-order chi connectivity index (χ1) is 14.8. The number of nitrogens with zero attached hydrogens (tertiary/aromatic N) is 1. The summed E-state index contributed by atoms with van der Waals surface area (Å²) in [7, 11) is 0. The molecule has 0 saturated carbocycles. The Labute approximate surface area is 178 Å². The highest BCUT2D eigenvalue weighted by Gasteiger charge is 2.32. The van der Waals surface area contributed by atoms with Gasteiger partial charge in [-0.3, -0.25) is 14.4 Å². The zero-order valence-electron chi connectivity index (χ0n) is 17.1. The van der Waals surface area contributed by atoms with Crippen molar-refractivity contribution in [3.8, 4) is 0 Å². The highest BCUT2D eigenvalue weighted by molar-refractivity contribution is 6.01.